The molecule has 2 rings (SSSR count). The minimum absolute atomic E-state index is 0.137. The summed E-state index contributed by atoms with van der Waals surface area (Å²) in [6.07, 6.45) is -0.137. The number of benzene rings is 1. The lowest BCUT2D eigenvalue weighted by molar-refractivity contribution is -0.141. The van der Waals surface area contributed by atoms with Crippen LogP contribution in [0.25, 0.3) is 0 Å². The first-order chi connectivity index (χ1) is 10.8. The van der Waals surface area contributed by atoms with E-state index < -0.39 is 11.9 Å². The number of carboxylic acid groups (broad SMARTS) is 1. The summed E-state index contributed by atoms with van der Waals surface area (Å²) in [6.45, 7) is 5.72. The summed E-state index contributed by atoms with van der Waals surface area (Å²) in [4.78, 5) is 24.5. The Hall–Kier alpha value is -2.24. The first-order valence-electron chi connectivity index (χ1n) is 7.81. The number of amides is 2. The van der Waals surface area contributed by atoms with Crippen LogP contribution in [0.3, 0.4) is 0 Å². The van der Waals surface area contributed by atoms with E-state index in [0.29, 0.717) is 0 Å². The van der Waals surface area contributed by atoms with Crippen LogP contribution in [0.5, 0.6) is 5.75 Å². The second-order valence-corrected chi connectivity index (χ2v) is 6.27. The quantitative estimate of drug-likeness (QED) is 0.872. The Kier molecular flexibility index (Phi) is 5.13. The van der Waals surface area contributed by atoms with Gasteiger partial charge in [-0.3, -0.25) is 4.79 Å². The minimum atomic E-state index is -0.916. The number of hydrogen-bond donors (Lipinski definition) is 2. The van der Waals surface area contributed by atoms with Gasteiger partial charge in [-0.05, 0) is 13.0 Å². The Bertz CT molecular complexity index is 590. The molecule has 126 valence electrons. The van der Waals surface area contributed by atoms with Crippen LogP contribution in [0.4, 0.5) is 4.79 Å². The number of carboxylic acids is 1. The normalized spacial score (nSPS) is 21.7. The highest BCUT2D eigenvalue weighted by Crippen LogP contribution is 2.38. The Morgan fingerprint density at radius 3 is 2.61 bits per heavy atom. The first-order valence-corrected chi connectivity index (χ1v) is 7.81. The van der Waals surface area contributed by atoms with Crippen LogP contribution < -0.4 is 10.1 Å². The van der Waals surface area contributed by atoms with Crippen molar-refractivity contribution in [1.82, 2.24) is 10.2 Å². The number of urea groups is 1. The highest BCUT2D eigenvalue weighted by atomic mass is 16.5. The third-order valence-electron chi connectivity index (χ3n) is 4.33. The number of nitrogens with one attached hydrogen (secondary N) is 1. The van der Waals surface area contributed by atoms with Crippen LogP contribution in [-0.2, 0) is 4.79 Å². The highest BCUT2D eigenvalue weighted by molar-refractivity contribution is 5.76. The number of para-hydroxylation sites is 1. The topological polar surface area (TPSA) is 78.9 Å². The van der Waals surface area contributed by atoms with E-state index in [1.165, 1.54) is 4.90 Å². The molecule has 1 aliphatic rings. The molecule has 4 unspecified atom stereocenters. The fraction of sp³-hybridized carbons (Fsp3) is 0.529. The van der Waals surface area contributed by atoms with E-state index >= 15 is 0 Å². The van der Waals surface area contributed by atoms with Crippen molar-refractivity contribution in [1.29, 1.82) is 0 Å². The van der Waals surface area contributed by atoms with Crippen LogP contribution in [-0.4, -0.2) is 47.7 Å². The Labute approximate surface area is 136 Å². The molecule has 0 saturated carbocycles. The smallest absolute Gasteiger partial charge is 0.317 e. The SMILES string of the molecule is CC(CN(C)C(=O)NC(C)C1Oc2ccccc2C1C)C(=O)O. The van der Waals surface area contributed by atoms with E-state index in [-0.39, 0.29) is 30.6 Å². The molecule has 6 nitrogen and oxygen atoms in total. The molecule has 0 aromatic heterocycles. The Morgan fingerprint density at radius 2 is 2.00 bits per heavy atom. The average molecular weight is 320 g/mol. The highest BCUT2D eigenvalue weighted by Gasteiger charge is 2.35. The van der Waals surface area contributed by atoms with Crippen molar-refractivity contribution >= 4 is 12.0 Å². The number of aliphatic carboxylic acids is 1. The van der Waals surface area contributed by atoms with Gasteiger partial charge in [0.1, 0.15) is 11.9 Å². The van der Waals surface area contributed by atoms with Crippen molar-refractivity contribution in [2.24, 2.45) is 5.92 Å². The van der Waals surface area contributed by atoms with Gasteiger partial charge in [-0.25, -0.2) is 4.79 Å². The zero-order chi connectivity index (χ0) is 17.1. The molecule has 0 fully saturated rings. The zero-order valence-corrected chi connectivity index (χ0v) is 13.9. The van der Waals surface area contributed by atoms with Crippen molar-refractivity contribution in [3.63, 3.8) is 0 Å². The maximum Gasteiger partial charge on any atom is 0.317 e. The second kappa shape index (κ2) is 6.89. The summed E-state index contributed by atoms with van der Waals surface area (Å²) in [5.74, 6) is -0.475. The molecule has 0 saturated heterocycles. The largest absolute Gasteiger partial charge is 0.487 e. The summed E-state index contributed by atoms with van der Waals surface area (Å²) in [6, 6.07) is 7.39. The van der Waals surface area contributed by atoms with Gasteiger partial charge < -0.3 is 20.1 Å². The molecular weight excluding hydrogens is 296 g/mol. The van der Waals surface area contributed by atoms with Crippen LogP contribution >= 0.6 is 0 Å². The van der Waals surface area contributed by atoms with E-state index in [2.05, 4.69) is 12.2 Å². The van der Waals surface area contributed by atoms with E-state index in [0.717, 1.165) is 11.3 Å². The van der Waals surface area contributed by atoms with E-state index in [1.54, 1.807) is 14.0 Å². The molecule has 1 aliphatic heterocycles. The van der Waals surface area contributed by atoms with E-state index in [9.17, 15) is 9.59 Å². The van der Waals surface area contributed by atoms with Crippen molar-refractivity contribution in [2.45, 2.75) is 38.8 Å². The molecule has 0 spiro atoms. The number of fused-ring (bicyclic) bond motifs is 1. The van der Waals surface area contributed by atoms with Gasteiger partial charge in [-0.2, -0.15) is 0 Å². The van der Waals surface area contributed by atoms with Gasteiger partial charge in [0.15, 0.2) is 0 Å². The number of carbonyl (C=O) groups is 2. The second-order valence-electron chi connectivity index (χ2n) is 6.27. The predicted octanol–water partition coefficient (Wildman–Crippen LogP) is 2.30. The molecule has 1 aromatic carbocycles. The van der Waals surface area contributed by atoms with Crippen LogP contribution in [0, 0.1) is 5.92 Å². The Morgan fingerprint density at radius 1 is 1.35 bits per heavy atom. The monoisotopic (exact) mass is 320 g/mol. The van der Waals surface area contributed by atoms with E-state index in [1.807, 2.05) is 31.2 Å². The first kappa shape index (κ1) is 17.1. The number of ether oxygens (including phenoxy) is 1. The summed E-state index contributed by atoms with van der Waals surface area (Å²) in [5.41, 5.74) is 1.14. The molecule has 2 N–H and O–H groups in total. The van der Waals surface area contributed by atoms with Gasteiger partial charge in [0.2, 0.25) is 0 Å². The molecule has 0 bridgehead atoms. The van der Waals surface area contributed by atoms with Crippen LogP contribution in [0.15, 0.2) is 24.3 Å². The maximum absolute atomic E-state index is 12.2. The van der Waals surface area contributed by atoms with Gasteiger partial charge in [-0.15, -0.1) is 0 Å². The lowest BCUT2D eigenvalue weighted by Gasteiger charge is -2.27. The zero-order valence-electron chi connectivity index (χ0n) is 13.9. The molecule has 1 aromatic rings. The lowest BCUT2D eigenvalue weighted by Crippen LogP contribution is -2.49. The molecule has 23 heavy (non-hydrogen) atoms. The van der Waals surface area contributed by atoms with Crippen molar-refractivity contribution in [3.05, 3.63) is 29.8 Å². The molecule has 6 heteroatoms. The lowest BCUT2D eigenvalue weighted by atomic mass is 9.94. The predicted molar refractivity (Wildman–Crippen MR) is 86.7 cm³/mol. The summed E-state index contributed by atoms with van der Waals surface area (Å²) < 4.78 is 5.95. The summed E-state index contributed by atoms with van der Waals surface area (Å²) in [5, 5.41) is 11.8. The molecular formula is C17H24N2O4. The number of hydrogen-bond acceptors (Lipinski definition) is 3. The van der Waals surface area contributed by atoms with Crippen molar-refractivity contribution in [3.8, 4) is 5.75 Å². The number of nitrogens with zero attached hydrogens (tertiary/aromatic N) is 1. The third kappa shape index (κ3) is 3.75. The van der Waals surface area contributed by atoms with Crippen molar-refractivity contribution in [2.75, 3.05) is 13.6 Å². The summed E-state index contributed by atoms with van der Waals surface area (Å²) in [7, 11) is 1.59. The van der Waals surface area contributed by atoms with Crippen molar-refractivity contribution < 1.29 is 19.4 Å². The van der Waals surface area contributed by atoms with Gasteiger partial charge in [0.05, 0.1) is 12.0 Å². The average Bonchev–Trinajstić information content (AvgIpc) is 2.84. The van der Waals surface area contributed by atoms with Crippen LogP contribution in [0.2, 0.25) is 0 Å². The van der Waals surface area contributed by atoms with E-state index in [4.69, 9.17) is 9.84 Å². The van der Waals surface area contributed by atoms with Gasteiger partial charge in [0, 0.05) is 25.1 Å². The summed E-state index contributed by atoms with van der Waals surface area (Å²) >= 11 is 0. The van der Waals surface area contributed by atoms with Gasteiger partial charge >= 0.3 is 12.0 Å². The standard InChI is InChI=1S/C17H24N2O4/c1-10(16(20)21)9-19(4)17(22)18-12(3)15-11(2)13-7-5-6-8-14(13)23-15/h5-8,10-12,15H,9H2,1-4H3,(H,18,22)(H,20,21). The minimum Gasteiger partial charge on any atom is -0.487 e. The Balaban J connectivity index is 1.93. The number of rotatable bonds is 5. The molecule has 2 amide bonds. The molecule has 0 aliphatic carbocycles. The molecule has 1 heterocycles. The maximum atomic E-state index is 12.2. The fourth-order valence-electron chi connectivity index (χ4n) is 2.88. The number of carbonyl (C=O) groups excluding carboxylic acids is 1. The van der Waals surface area contributed by atoms with Gasteiger partial charge in [0.25, 0.3) is 0 Å². The fourth-order valence-corrected chi connectivity index (χ4v) is 2.88. The van der Waals surface area contributed by atoms with Crippen LogP contribution in [0.1, 0.15) is 32.3 Å². The third-order valence-corrected chi connectivity index (χ3v) is 4.33. The molecule has 4 atom stereocenters. The molecule has 0 radical (unpaired) electrons. The van der Waals surface area contributed by atoms with Gasteiger partial charge in [-0.1, -0.05) is 32.0 Å².